The molecule has 8 heteroatoms. The zero-order valence-electron chi connectivity index (χ0n) is 10.7. The molecule has 1 saturated carbocycles. The first kappa shape index (κ1) is 14.9. The minimum atomic E-state index is -3.95. The highest BCUT2D eigenvalue weighted by molar-refractivity contribution is 7.89. The summed E-state index contributed by atoms with van der Waals surface area (Å²) >= 11 is 0. The molecule has 110 valence electrons. The monoisotopic (exact) mass is 300 g/mol. The van der Waals surface area contributed by atoms with E-state index in [1.54, 1.807) is 0 Å². The maximum Gasteiger partial charge on any atom is 0.289 e. The smallest absolute Gasteiger partial charge is 0.289 e. The lowest BCUT2D eigenvalue weighted by molar-refractivity contribution is -0.387. The van der Waals surface area contributed by atoms with Gasteiger partial charge in [-0.15, -0.1) is 0 Å². The molecule has 0 bridgehead atoms. The molecule has 0 radical (unpaired) electrons. The molecule has 2 atom stereocenters. The summed E-state index contributed by atoms with van der Waals surface area (Å²) in [5.74, 6) is -0.132. The van der Waals surface area contributed by atoms with Crippen molar-refractivity contribution in [3.8, 4) is 0 Å². The zero-order valence-corrected chi connectivity index (χ0v) is 11.5. The molecule has 0 saturated heterocycles. The number of nitrogens with one attached hydrogen (secondary N) is 1. The Kier molecular flexibility index (Phi) is 4.36. The van der Waals surface area contributed by atoms with Crippen molar-refractivity contribution >= 4 is 15.7 Å². The summed E-state index contributed by atoms with van der Waals surface area (Å²) in [5, 5.41) is 20.5. The molecule has 1 aromatic carbocycles. The van der Waals surface area contributed by atoms with E-state index in [-0.39, 0.29) is 17.4 Å². The molecule has 7 nitrogen and oxygen atoms in total. The molecule has 1 aromatic rings. The van der Waals surface area contributed by atoms with E-state index in [9.17, 15) is 23.6 Å². The fourth-order valence-electron chi connectivity index (χ4n) is 2.39. The molecule has 2 unspecified atom stereocenters. The molecule has 1 aliphatic carbocycles. The first-order valence-electron chi connectivity index (χ1n) is 6.33. The predicted molar refractivity (Wildman–Crippen MR) is 71.6 cm³/mol. The van der Waals surface area contributed by atoms with E-state index in [4.69, 9.17) is 0 Å². The van der Waals surface area contributed by atoms with Gasteiger partial charge in [-0.2, -0.15) is 0 Å². The number of benzene rings is 1. The number of para-hydroxylation sites is 1. The highest BCUT2D eigenvalue weighted by atomic mass is 32.2. The van der Waals surface area contributed by atoms with E-state index in [1.165, 1.54) is 18.2 Å². The lowest BCUT2D eigenvalue weighted by Crippen LogP contribution is -2.32. The standard InChI is InChI=1S/C12H16N2O5S/c15-11-6-3-4-9(11)8-13-20(18,19)12-7-2-1-5-10(12)14(16)17/h1-2,5,7,9,11,13,15H,3-4,6,8H2. The Morgan fingerprint density at radius 2 is 2.05 bits per heavy atom. The third kappa shape index (κ3) is 3.14. The van der Waals surface area contributed by atoms with Crippen molar-refractivity contribution in [2.75, 3.05) is 6.54 Å². The largest absolute Gasteiger partial charge is 0.393 e. The van der Waals surface area contributed by atoms with E-state index < -0.39 is 26.7 Å². The van der Waals surface area contributed by atoms with Crippen LogP contribution in [0.1, 0.15) is 19.3 Å². The summed E-state index contributed by atoms with van der Waals surface area (Å²) in [6.45, 7) is 0.0928. The van der Waals surface area contributed by atoms with Crippen LogP contribution in [0, 0.1) is 16.0 Å². The van der Waals surface area contributed by atoms with Crippen LogP contribution in [-0.4, -0.2) is 31.1 Å². The van der Waals surface area contributed by atoms with Gasteiger partial charge in [-0.05, 0) is 24.8 Å². The van der Waals surface area contributed by atoms with Crippen LogP contribution in [0.3, 0.4) is 0 Å². The van der Waals surface area contributed by atoms with Crippen LogP contribution in [0.25, 0.3) is 0 Å². The summed E-state index contributed by atoms with van der Waals surface area (Å²) in [4.78, 5) is 9.78. The van der Waals surface area contributed by atoms with Crippen LogP contribution < -0.4 is 4.72 Å². The topological polar surface area (TPSA) is 110 Å². The molecular weight excluding hydrogens is 284 g/mol. The lowest BCUT2D eigenvalue weighted by atomic mass is 10.1. The van der Waals surface area contributed by atoms with Crippen LogP contribution >= 0.6 is 0 Å². The SMILES string of the molecule is O=[N+]([O-])c1ccccc1S(=O)(=O)NCC1CCCC1O. The third-order valence-corrected chi connectivity index (χ3v) is 4.98. The van der Waals surface area contributed by atoms with Crippen LogP contribution in [0.2, 0.25) is 0 Å². The Labute approximate surface area is 116 Å². The van der Waals surface area contributed by atoms with Crippen LogP contribution in [0.4, 0.5) is 5.69 Å². The van der Waals surface area contributed by atoms with Crippen LogP contribution in [0.15, 0.2) is 29.2 Å². The van der Waals surface area contributed by atoms with Crippen LogP contribution in [0.5, 0.6) is 0 Å². The fourth-order valence-corrected chi connectivity index (χ4v) is 3.65. The van der Waals surface area contributed by atoms with E-state index in [1.807, 2.05) is 0 Å². The van der Waals surface area contributed by atoms with Gasteiger partial charge in [-0.1, -0.05) is 18.6 Å². The van der Waals surface area contributed by atoms with E-state index in [0.717, 1.165) is 18.9 Å². The van der Waals surface area contributed by atoms with Gasteiger partial charge in [-0.3, -0.25) is 10.1 Å². The molecule has 2 rings (SSSR count). The van der Waals surface area contributed by atoms with Crippen LogP contribution in [-0.2, 0) is 10.0 Å². The van der Waals surface area contributed by atoms with E-state index in [0.29, 0.717) is 6.42 Å². The average Bonchev–Trinajstić information content (AvgIpc) is 2.82. The summed E-state index contributed by atoms with van der Waals surface area (Å²) in [5.41, 5.74) is -0.452. The Hall–Kier alpha value is -1.51. The zero-order chi connectivity index (χ0) is 14.8. The Morgan fingerprint density at radius 3 is 2.65 bits per heavy atom. The number of hydrogen-bond donors (Lipinski definition) is 2. The summed E-state index contributed by atoms with van der Waals surface area (Å²) < 4.78 is 26.6. The van der Waals surface area contributed by atoms with Crippen molar-refractivity contribution < 1.29 is 18.4 Å². The fraction of sp³-hybridized carbons (Fsp3) is 0.500. The summed E-state index contributed by atoms with van der Waals surface area (Å²) in [6, 6.07) is 5.20. The van der Waals surface area contributed by atoms with Crippen molar-refractivity contribution in [2.45, 2.75) is 30.3 Å². The molecule has 20 heavy (non-hydrogen) atoms. The predicted octanol–water partition coefficient (Wildman–Crippen LogP) is 1.03. The van der Waals surface area contributed by atoms with Gasteiger partial charge < -0.3 is 5.11 Å². The number of rotatable bonds is 5. The highest BCUT2D eigenvalue weighted by Gasteiger charge is 2.29. The minimum absolute atomic E-state index is 0.0928. The molecule has 1 aliphatic rings. The van der Waals surface area contributed by atoms with Crippen molar-refractivity contribution in [3.63, 3.8) is 0 Å². The molecule has 0 aliphatic heterocycles. The average molecular weight is 300 g/mol. The highest BCUT2D eigenvalue weighted by Crippen LogP contribution is 2.26. The van der Waals surface area contributed by atoms with Gasteiger partial charge in [0, 0.05) is 12.6 Å². The first-order chi connectivity index (χ1) is 9.42. The first-order valence-corrected chi connectivity index (χ1v) is 7.81. The second kappa shape index (κ2) is 5.86. The van der Waals surface area contributed by atoms with E-state index >= 15 is 0 Å². The number of nitro benzene ring substituents is 1. The molecule has 0 aromatic heterocycles. The molecule has 2 N–H and O–H groups in total. The molecule has 0 spiro atoms. The maximum absolute atomic E-state index is 12.1. The maximum atomic E-state index is 12.1. The molecule has 0 amide bonds. The van der Waals surface area contributed by atoms with Gasteiger partial charge in [-0.25, -0.2) is 13.1 Å². The number of aliphatic hydroxyl groups is 1. The van der Waals surface area contributed by atoms with Crippen molar-refractivity contribution in [3.05, 3.63) is 34.4 Å². The van der Waals surface area contributed by atoms with Gasteiger partial charge in [0.15, 0.2) is 4.90 Å². The molecule has 1 fully saturated rings. The van der Waals surface area contributed by atoms with Gasteiger partial charge >= 0.3 is 0 Å². The molecule has 0 heterocycles. The lowest BCUT2D eigenvalue weighted by Gasteiger charge is -2.15. The normalized spacial score (nSPS) is 22.9. The number of nitro groups is 1. The minimum Gasteiger partial charge on any atom is -0.393 e. The van der Waals surface area contributed by atoms with Crippen molar-refractivity contribution in [1.82, 2.24) is 4.72 Å². The quantitative estimate of drug-likeness (QED) is 0.623. The van der Waals surface area contributed by atoms with Crippen molar-refractivity contribution in [2.24, 2.45) is 5.92 Å². The summed E-state index contributed by atoms with van der Waals surface area (Å²) in [6.07, 6.45) is 1.76. The Morgan fingerprint density at radius 1 is 1.35 bits per heavy atom. The van der Waals surface area contributed by atoms with E-state index in [2.05, 4.69) is 4.72 Å². The second-order valence-electron chi connectivity index (χ2n) is 4.84. The summed E-state index contributed by atoms with van der Waals surface area (Å²) in [7, 11) is -3.95. The number of sulfonamides is 1. The van der Waals surface area contributed by atoms with Gasteiger partial charge in [0.05, 0.1) is 11.0 Å². The van der Waals surface area contributed by atoms with Gasteiger partial charge in [0.25, 0.3) is 5.69 Å². The van der Waals surface area contributed by atoms with Gasteiger partial charge in [0.1, 0.15) is 0 Å². The number of hydrogen-bond acceptors (Lipinski definition) is 5. The third-order valence-electron chi connectivity index (χ3n) is 3.51. The van der Waals surface area contributed by atoms with Crippen molar-refractivity contribution in [1.29, 1.82) is 0 Å². The Bertz CT molecular complexity index is 602. The second-order valence-corrected chi connectivity index (χ2v) is 6.57. The molecular formula is C12H16N2O5S. The number of aliphatic hydroxyl groups excluding tert-OH is 1. The number of nitrogens with zero attached hydrogens (tertiary/aromatic N) is 1. The Balaban J connectivity index is 2.16. The van der Waals surface area contributed by atoms with Gasteiger partial charge in [0.2, 0.25) is 10.0 Å².